The number of imidazole rings is 1. The van der Waals surface area contributed by atoms with Crippen LogP contribution in [0.4, 0.5) is 4.39 Å². The fraction of sp³-hybridized carbons (Fsp3) is 0.364. The van der Waals surface area contributed by atoms with Crippen molar-refractivity contribution >= 4 is 0 Å². The molecular weight excluding hydrogens is 339 g/mol. The van der Waals surface area contributed by atoms with Crippen molar-refractivity contribution in [2.24, 2.45) is 0 Å². The molecular formula is C22H25FN4. The summed E-state index contributed by atoms with van der Waals surface area (Å²) in [6.07, 6.45) is 6.22. The standard InChI is InChI=1S/C22H25FN4/c1-2-27-13-11-24-22(27)16-26-12-5-7-18(15-26)21-10-4-9-20(25-21)17-6-3-8-19(23)14-17/h3-4,6,8-11,13-14,18H,2,5,7,12,15-16H2,1H3. The molecule has 5 heteroatoms. The number of hydrogen-bond donors (Lipinski definition) is 0. The monoisotopic (exact) mass is 364 g/mol. The SMILES string of the molecule is CCn1ccnc1CN1CCCC(c2cccc(-c3cccc(F)c3)n2)C1. The molecule has 1 atom stereocenters. The van der Waals surface area contributed by atoms with Crippen LogP contribution in [0.1, 0.15) is 37.2 Å². The van der Waals surface area contributed by atoms with Gasteiger partial charge in [-0.25, -0.2) is 9.37 Å². The second-order valence-corrected chi connectivity index (χ2v) is 7.16. The third-order valence-corrected chi connectivity index (χ3v) is 5.32. The largest absolute Gasteiger partial charge is 0.334 e. The number of piperidine rings is 1. The lowest BCUT2D eigenvalue weighted by Gasteiger charge is -2.32. The van der Waals surface area contributed by atoms with Crippen LogP contribution >= 0.6 is 0 Å². The molecule has 1 aromatic carbocycles. The minimum atomic E-state index is -0.227. The molecule has 1 fully saturated rings. The summed E-state index contributed by atoms with van der Waals surface area (Å²) in [6.45, 7) is 6.05. The summed E-state index contributed by atoms with van der Waals surface area (Å²) in [5.74, 6) is 1.30. The Labute approximate surface area is 159 Å². The van der Waals surface area contributed by atoms with Gasteiger partial charge in [0.15, 0.2) is 0 Å². The molecule has 0 radical (unpaired) electrons. The molecule has 1 saturated heterocycles. The van der Waals surface area contributed by atoms with Crippen LogP contribution in [0.2, 0.25) is 0 Å². The molecule has 4 nitrogen and oxygen atoms in total. The number of benzene rings is 1. The third-order valence-electron chi connectivity index (χ3n) is 5.32. The second kappa shape index (κ2) is 8.01. The highest BCUT2D eigenvalue weighted by atomic mass is 19.1. The Bertz CT molecular complexity index is 905. The number of likely N-dealkylation sites (tertiary alicyclic amines) is 1. The molecule has 1 unspecified atom stereocenters. The molecule has 4 rings (SSSR count). The first-order chi connectivity index (χ1) is 13.2. The predicted molar refractivity (Wildman–Crippen MR) is 105 cm³/mol. The molecule has 0 amide bonds. The topological polar surface area (TPSA) is 34.0 Å². The van der Waals surface area contributed by atoms with E-state index in [2.05, 4.69) is 27.4 Å². The molecule has 0 aliphatic carbocycles. The quantitative estimate of drug-likeness (QED) is 0.669. The van der Waals surface area contributed by atoms with E-state index in [1.807, 2.05) is 30.6 Å². The fourth-order valence-electron chi connectivity index (χ4n) is 3.91. The van der Waals surface area contributed by atoms with Gasteiger partial charge in [0.1, 0.15) is 11.6 Å². The van der Waals surface area contributed by atoms with Crippen LogP contribution in [-0.2, 0) is 13.1 Å². The van der Waals surface area contributed by atoms with Crippen molar-refractivity contribution < 1.29 is 4.39 Å². The number of halogens is 1. The number of aromatic nitrogens is 3. The van der Waals surface area contributed by atoms with Crippen molar-refractivity contribution in [2.75, 3.05) is 13.1 Å². The van der Waals surface area contributed by atoms with Gasteiger partial charge in [-0.1, -0.05) is 18.2 Å². The van der Waals surface area contributed by atoms with Crippen LogP contribution in [0.5, 0.6) is 0 Å². The first-order valence-electron chi connectivity index (χ1n) is 9.68. The number of nitrogens with zero attached hydrogens (tertiary/aromatic N) is 4. The summed E-state index contributed by atoms with van der Waals surface area (Å²) in [4.78, 5) is 11.8. The predicted octanol–water partition coefficient (Wildman–Crippen LogP) is 4.48. The van der Waals surface area contributed by atoms with E-state index in [1.54, 1.807) is 12.1 Å². The van der Waals surface area contributed by atoms with Crippen LogP contribution in [-0.4, -0.2) is 32.5 Å². The maximum Gasteiger partial charge on any atom is 0.123 e. The van der Waals surface area contributed by atoms with E-state index in [0.717, 1.165) is 61.8 Å². The van der Waals surface area contributed by atoms with Crippen molar-refractivity contribution in [3.63, 3.8) is 0 Å². The van der Waals surface area contributed by atoms with Gasteiger partial charge in [0.25, 0.3) is 0 Å². The summed E-state index contributed by atoms with van der Waals surface area (Å²) in [5, 5.41) is 0. The zero-order chi connectivity index (χ0) is 18.6. The molecule has 27 heavy (non-hydrogen) atoms. The fourth-order valence-corrected chi connectivity index (χ4v) is 3.91. The van der Waals surface area contributed by atoms with Crippen molar-refractivity contribution in [2.45, 2.75) is 38.8 Å². The maximum atomic E-state index is 13.6. The van der Waals surface area contributed by atoms with Gasteiger partial charge in [0.05, 0.1) is 12.2 Å². The first kappa shape index (κ1) is 17.9. The highest BCUT2D eigenvalue weighted by Gasteiger charge is 2.23. The normalized spacial score (nSPS) is 17.9. The summed E-state index contributed by atoms with van der Waals surface area (Å²) < 4.78 is 15.8. The third kappa shape index (κ3) is 4.08. The Morgan fingerprint density at radius 2 is 2.07 bits per heavy atom. The van der Waals surface area contributed by atoms with E-state index in [9.17, 15) is 4.39 Å². The molecule has 3 heterocycles. The van der Waals surface area contributed by atoms with E-state index in [1.165, 1.54) is 6.07 Å². The molecule has 0 N–H and O–H groups in total. The van der Waals surface area contributed by atoms with E-state index >= 15 is 0 Å². The van der Waals surface area contributed by atoms with Crippen LogP contribution in [0, 0.1) is 5.82 Å². The van der Waals surface area contributed by atoms with Crippen LogP contribution in [0.15, 0.2) is 54.9 Å². The molecule has 0 bridgehead atoms. The average Bonchev–Trinajstić information content (AvgIpc) is 3.15. The highest BCUT2D eigenvalue weighted by Crippen LogP contribution is 2.28. The van der Waals surface area contributed by atoms with E-state index in [0.29, 0.717) is 5.92 Å². The van der Waals surface area contributed by atoms with Gasteiger partial charge in [-0.05, 0) is 50.6 Å². The molecule has 140 valence electrons. The molecule has 1 aliphatic rings. The zero-order valence-corrected chi connectivity index (χ0v) is 15.7. The van der Waals surface area contributed by atoms with Crippen molar-refractivity contribution in [3.05, 3.63) is 72.2 Å². The minimum absolute atomic E-state index is 0.227. The summed E-state index contributed by atoms with van der Waals surface area (Å²) in [7, 11) is 0. The van der Waals surface area contributed by atoms with Gasteiger partial charge in [-0.15, -0.1) is 0 Å². The number of pyridine rings is 1. The lowest BCUT2D eigenvalue weighted by atomic mass is 9.94. The van der Waals surface area contributed by atoms with Crippen molar-refractivity contribution in [1.29, 1.82) is 0 Å². The van der Waals surface area contributed by atoms with Gasteiger partial charge in [-0.2, -0.15) is 0 Å². The number of aryl methyl sites for hydroxylation is 1. The van der Waals surface area contributed by atoms with E-state index in [-0.39, 0.29) is 5.82 Å². The Morgan fingerprint density at radius 3 is 2.93 bits per heavy atom. The Kier molecular flexibility index (Phi) is 5.30. The van der Waals surface area contributed by atoms with Crippen LogP contribution in [0.3, 0.4) is 0 Å². The van der Waals surface area contributed by atoms with E-state index in [4.69, 9.17) is 4.98 Å². The summed E-state index contributed by atoms with van der Waals surface area (Å²) >= 11 is 0. The van der Waals surface area contributed by atoms with E-state index < -0.39 is 0 Å². The molecule has 0 spiro atoms. The molecule has 1 aliphatic heterocycles. The van der Waals surface area contributed by atoms with Crippen LogP contribution in [0.25, 0.3) is 11.3 Å². The molecule has 0 saturated carbocycles. The van der Waals surface area contributed by atoms with Gasteiger partial charge in [0, 0.05) is 42.7 Å². The smallest absolute Gasteiger partial charge is 0.123 e. The zero-order valence-electron chi connectivity index (χ0n) is 15.7. The molecule has 3 aromatic rings. The van der Waals surface area contributed by atoms with Gasteiger partial charge in [0.2, 0.25) is 0 Å². The first-order valence-corrected chi connectivity index (χ1v) is 9.68. The Hall–Kier alpha value is -2.53. The van der Waals surface area contributed by atoms with Gasteiger partial charge in [-0.3, -0.25) is 9.88 Å². The minimum Gasteiger partial charge on any atom is -0.334 e. The maximum absolute atomic E-state index is 13.6. The molecule has 2 aromatic heterocycles. The van der Waals surface area contributed by atoms with Crippen LogP contribution < -0.4 is 0 Å². The second-order valence-electron chi connectivity index (χ2n) is 7.16. The van der Waals surface area contributed by atoms with Gasteiger partial charge < -0.3 is 4.57 Å². The van der Waals surface area contributed by atoms with Gasteiger partial charge >= 0.3 is 0 Å². The summed E-state index contributed by atoms with van der Waals surface area (Å²) in [6, 6.07) is 12.7. The van der Waals surface area contributed by atoms with Crippen molar-refractivity contribution in [3.8, 4) is 11.3 Å². The number of hydrogen-bond acceptors (Lipinski definition) is 3. The Balaban J connectivity index is 1.50. The lowest BCUT2D eigenvalue weighted by Crippen LogP contribution is -2.35. The Morgan fingerprint density at radius 1 is 1.19 bits per heavy atom. The average molecular weight is 364 g/mol. The summed E-state index contributed by atoms with van der Waals surface area (Å²) in [5.41, 5.74) is 2.76. The number of rotatable bonds is 5. The van der Waals surface area contributed by atoms with Crippen molar-refractivity contribution in [1.82, 2.24) is 19.4 Å². The lowest BCUT2D eigenvalue weighted by molar-refractivity contribution is 0.192. The highest BCUT2D eigenvalue weighted by molar-refractivity contribution is 5.59.